The zero-order chi connectivity index (χ0) is 14.8. The lowest BCUT2D eigenvalue weighted by Crippen LogP contribution is -2.37. The molecule has 1 heterocycles. The fraction of sp³-hybridized carbons (Fsp3) is 0.667. The minimum absolute atomic E-state index is 0.0115. The minimum atomic E-state index is -3.62. The van der Waals surface area contributed by atoms with E-state index in [0.717, 1.165) is 30.4 Å². The van der Waals surface area contributed by atoms with Gasteiger partial charge in [-0.25, -0.2) is 13.1 Å². The normalized spacial score (nSPS) is 23.6. The van der Waals surface area contributed by atoms with Crippen LogP contribution in [0.25, 0.3) is 0 Å². The molecule has 1 aromatic rings. The van der Waals surface area contributed by atoms with Crippen LogP contribution in [0.5, 0.6) is 0 Å². The molecule has 0 spiro atoms. The molecule has 0 radical (unpaired) electrons. The summed E-state index contributed by atoms with van der Waals surface area (Å²) in [5.41, 5.74) is 0. The number of carboxylic acids is 1. The van der Waals surface area contributed by atoms with Gasteiger partial charge < -0.3 is 5.11 Å². The highest BCUT2D eigenvalue weighted by atomic mass is 32.2. The number of aromatic nitrogens is 2. The summed E-state index contributed by atoms with van der Waals surface area (Å²) in [6, 6.07) is -0.0426. The largest absolute Gasteiger partial charge is 0.480 e. The van der Waals surface area contributed by atoms with Crippen LogP contribution >= 0.6 is 0 Å². The first-order chi connectivity index (χ1) is 9.37. The summed E-state index contributed by atoms with van der Waals surface area (Å²) in [4.78, 5) is 10.6. The van der Waals surface area contributed by atoms with Gasteiger partial charge in [0.2, 0.25) is 10.0 Å². The van der Waals surface area contributed by atoms with E-state index in [0.29, 0.717) is 5.92 Å². The first-order valence-corrected chi connectivity index (χ1v) is 8.12. The Morgan fingerprint density at radius 1 is 1.45 bits per heavy atom. The van der Waals surface area contributed by atoms with Crippen LogP contribution in [0.15, 0.2) is 17.3 Å². The van der Waals surface area contributed by atoms with E-state index in [2.05, 4.69) is 16.7 Å². The third-order valence-corrected chi connectivity index (χ3v) is 5.03. The monoisotopic (exact) mass is 301 g/mol. The molecule has 1 aliphatic carbocycles. The van der Waals surface area contributed by atoms with Crippen molar-refractivity contribution in [3.63, 3.8) is 0 Å². The van der Waals surface area contributed by atoms with E-state index in [1.807, 2.05) is 0 Å². The van der Waals surface area contributed by atoms with E-state index in [1.165, 1.54) is 12.4 Å². The minimum Gasteiger partial charge on any atom is -0.480 e. The molecule has 2 N–H and O–H groups in total. The highest BCUT2D eigenvalue weighted by Gasteiger charge is 2.25. The first kappa shape index (κ1) is 15.0. The first-order valence-electron chi connectivity index (χ1n) is 6.63. The van der Waals surface area contributed by atoms with E-state index in [-0.39, 0.29) is 17.5 Å². The number of nitrogens with one attached hydrogen (secondary N) is 1. The second-order valence-electron chi connectivity index (χ2n) is 5.35. The third-order valence-electron chi connectivity index (χ3n) is 3.55. The van der Waals surface area contributed by atoms with Crippen molar-refractivity contribution >= 4 is 16.0 Å². The Morgan fingerprint density at radius 3 is 2.70 bits per heavy atom. The molecule has 20 heavy (non-hydrogen) atoms. The lowest BCUT2D eigenvalue weighted by atomic mass is 9.88. The number of carbonyl (C=O) groups is 1. The Morgan fingerprint density at radius 2 is 2.10 bits per heavy atom. The second-order valence-corrected chi connectivity index (χ2v) is 7.06. The number of carboxylic acid groups (broad SMARTS) is 1. The molecule has 112 valence electrons. The van der Waals surface area contributed by atoms with Gasteiger partial charge in [0.15, 0.2) is 0 Å². The zero-order valence-electron chi connectivity index (χ0n) is 11.3. The smallest absolute Gasteiger partial charge is 0.325 e. The van der Waals surface area contributed by atoms with Crippen LogP contribution in [-0.4, -0.2) is 35.3 Å². The molecule has 1 aromatic heterocycles. The Kier molecular flexibility index (Phi) is 4.44. The van der Waals surface area contributed by atoms with Crippen LogP contribution < -0.4 is 4.72 Å². The zero-order valence-corrected chi connectivity index (χ0v) is 12.1. The van der Waals surface area contributed by atoms with E-state index < -0.39 is 16.0 Å². The van der Waals surface area contributed by atoms with Crippen LogP contribution in [-0.2, 0) is 21.4 Å². The molecule has 7 nitrogen and oxygen atoms in total. The number of aliphatic carboxylic acids is 1. The van der Waals surface area contributed by atoms with Crippen LogP contribution in [0, 0.1) is 5.92 Å². The summed E-state index contributed by atoms with van der Waals surface area (Å²) in [7, 11) is -3.62. The van der Waals surface area contributed by atoms with E-state index in [4.69, 9.17) is 5.11 Å². The van der Waals surface area contributed by atoms with Gasteiger partial charge in [0.1, 0.15) is 11.4 Å². The summed E-state index contributed by atoms with van der Waals surface area (Å²) in [6.45, 7) is 1.82. The van der Waals surface area contributed by atoms with Crippen LogP contribution in [0.3, 0.4) is 0 Å². The standard InChI is InChI=1S/C12H19N3O4S/c1-9-2-4-10(5-3-9)14-20(18,19)11-6-13-15(7-11)8-12(16)17/h6-7,9-10,14H,2-5,8H2,1H3,(H,16,17). The van der Waals surface area contributed by atoms with Gasteiger partial charge in [0.05, 0.1) is 6.20 Å². The number of nitrogens with zero attached hydrogens (tertiary/aromatic N) is 2. The molecule has 0 saturated heterocycles. The Labute approximate surface area is 118 Å². The highest BCUT2D eigenvalue weighted by molar-refractivity contribution is 7.89. The van der Waals surface area contributed by atoms with E-state index >= 15 is 0 Å². The summed E-state index contributed by atoms with van der Waals surface area (Å²) < 4.78 is 28.1. The van der Waals surface area contributed by atoms with Gasteiger partial charge >= 0.3 is 5.97 Å². The van der Waals surface area contributed by atoms with Crippen molar-refractivity contribution in [3.05, 3.63) is 12.4 Å². The van der Waals surface area contributed by atoms with Gasteiger partial charge in [-0.2, -0.15) is 5.10 Å². The molecule has 1 aliphatic rings. The number of sulfonamides is 1. The lowest BCUT2D eigenvalue weighted by Gasteiger charge is -2.26. The maximum absolute atomic E-state index is 12.2. The maximum Gasteiger partial charge on any atom is 0.325 e. The second kappa shape index (κ2) is 5.92. The Balaban J connectivity index is 2.02. The molecule has 0 amide bonds. The third kappa shape index (κ3) is 3.80. The highest BCUT2D eigenvalue weighted by Crippen LogP contribution is 2.24. The molecular weight excluding hydrogens is 282 g/mol. The summed E-state index contributed by atoms with van der Waals surface area (Å²) >= 11 is 0. The van der Waals surface area contributed by atoms with Gasteiger partial charge in [-0.1, -0.05) is 6.92 Å². The van der Waals surface area contributed by atoms with Crippen molar-refractivity contribution in [2.24, 2.45) is 5.92 Å². The Hall–Kier alpha value is -1.41. The van der Waals surface area contributed by atoms with Crippen LogP contribution in [0.2, 0.25) is 0 Å². The average molecular weight is 301 g/mol. The SMILES string of the molecule is CC1CCC(NS(=O)(=O)c2cnn(CC(=O)O)c2)CC1. The fourth-order valence-corrected chi connectivity index (χ4v) is 3.63. The van der Waals surface area contributed by atoms with Crippen LogP contribution in [0.4, 0.5) is 0 Å². The molecule has 1 fully saturated rings. The number of hydrogen-bond acceptors (Lipinski definition) is 4. The lowest BCUT2D eigenvalue weighted by molar-refractivity contribution is -0.137. The van der Waals surface area contributed by atoms with Crippen molar-refractivity contribution in [2.75, 3.05) is 0 Å². The van der Waals surface area contributed by atoms with Gasteiger partial charge in [0.25, 0.3) is 0 Å². The van der Waals surface area contributed by atoms with Gasteiger partial charge in [0, 0.05) is 12.2 Å². The van der Waals surface area contributed by atoms with Crippen LogP contribution in [0.1, 0.15) is 32.6 Å². The van der Waals surface area contributed by atoms with Crippen molar-refractivity contribution in [3.8, 4) is 0 Å². The van der Waals surface area contributed by atoms with Crippen molar-refractivity contribution < 1.29 is 18.3 Å². The van der Waals surface area contributed by atoms with E-state index in [1.54, 1.807) is 0 Å². The molecule has 0 atom stereocenters. The number of hydrogen-bond donors (Lipinski definition) is 2. The molecular formula is C12H19N3O4S. The van der Waals surface area contributed by atoms with E-state index in [9.17, 15) is 13.2 Å². The molecule has 0 bridgehead atoms. The quantitative estimate of drug-likeness (QED) is 0.838. The number of rotatable bonds is 5. The maximum atomic E-state index is 12.2. The molecule has 0 aliphatic heterocycles. The van der Waals surface area contributed by atoms with Gasteiger partial charge in [-0.3, -0.25) is 9.48 Å². The van der Waals surface area contributed by atoms with Gasteiger partial charge in [-0.15, -0.1) is 0 Å². The Bertz CT molecular complexity index is 573. The predicted molar refractivity (Wildman–Crippen MR) is 71.6 cm³/mol. The molecule has 8 heteroatoms. The summed E-state index contributed by atoms with van der Waals surface area (Å²) in [5.74, 6) is -0.416. The molecule has 1 saturated carbocycles. The van der Waals surface area contributed by atoms with Gasteiger partial charge in [-0.05, 0) is 31.6 Å². The van der Waals surface area contributed by atoms with Crippen molar-refractivity contribution in [2.45, 2.75) is 50.1 Å². The van der Waals surface area contributed by atoms with Crippen molar-refractivity contribution in [1.29, 1.82) is 0 Å². The fourth-order valence-electron chi connectivity index (χ4n) is 2.37. The predicted octanol–water partition coefficient (Wildman–Crippen LogP) is 0.825. The molecule has 0 aromatic carbocycles. The van der Waals surface area contributed by atoms with Crippen molar-refractivity contribution in [1.82, 2.24) is 14.5 Å². The molecule has 2 rings (SSSR count). The average Bonchev–Trinajstić information content (AvgIpc) is 2.80. The summed E-state index contributed by atoms with van der Waals surface area (Å²) in [6.07, 6.45) is 6.13. The summed E-state index contributed by atoms with van der Waals surface area (Å²) in [5, 5.41) is 12.4. The topological polar surface area (TPSA) is 101 Å². The molecule has 0 unspecified atom stereocenters.